The molecule has 3 aliphatic rings. The summed E-state index contributed by atoms with van der Waals surface area (Å²) in [6.45, 7) is 9.40. The van der Waals surface area contributed by atoms with E-state index < -0.39 is 29.6 Å². The van der Waals surface area contributed by atoms with E-state index in [1.807, 2.05) is 20.8 Å². The van der Waals surface area contributed by atoms with Gasteiger partial charge in [0.1, 0.15) is 6.10 Å². The molecule has 8 heteroatoms. The van der Waals surface area contributed by atoms with Crippen molar-refractivity contribution in [1.82, 2.24) is 0 Å². The summed E-state index contributed by atoms with van der Waals surface area (Å²) in [5.74, 6) is -0.952. The summed E-state index contributed by atoms with van der Waals surface area (Å²) in [5.41, 5.74) is -3.52. The van der Waals surface area contributed by atoms with E-state index in [9.17, 15) is 18.0 Å². The molecule has 0 unspecified atom stereocenters. The van der Waals surface area contributed by atoms with Crippen LogP contribution in [0.4, 0.5) is 13.2 Å². The fourth-order valence-electron chi connectivity index (χ4n) is 6.62. The van der Waals surface area contributed by atoms with Crippen molar-refractivity contribution in [2.75, 3.05) is 20.3 Å². The first-order valence-electron chi connectivity index (χ1n) is 12.5. The van der Waals surface area contributed by atoms with Gasteiger partial charge in [0, 0.05) is 19.1 Å². The van der Waals surface area contributed by atoms with Crippen LogP contribution in [0.3, 0.4) is 0 Å². The van der Waals surface area contributed by atoms with Crippen molar-refractivity contribution >= 4 is 5.97 Å². The van der Waals surface area contributed by atoms with E-state index in [0.717, 1.165) is 26.4 Å². The van der Waals surface area contributed by atoms with Crippen molar-refractivity contribution in [3.63, 3.8) is 0 Å². The van der Waals surface area contributed by atoms with E-state index in [2.05, 4.69) is 6.92 Å². The minimum atomic E-state index is -4.98. The van der Waals surface area contributed by atoms with Crippen molar-refractivity contribution in [3.05, 3.63) is 35.9 Å². The molecule has 2 saturated carbocycles. The summed E-state index contributed by atoms with van der Waals surface area (Å²) in [4.78, 5) is 13.3. The Morgan fingerprint density at radius 3 is 2.31 bits per heavy atom. The Morgan fingerprint density at radius 2 is 1.77 bits per heavy atom. The van der Waals surface area contributed by atoms with Crippen LogP contribution in [0.5, 0.6) is 0 Å². The molecule has 1 aromatic carbocycles. The van der Waals surface area contributed by atoms with E-state index in [0.29, 0.717) is 31.5 Å². The summed E-state index contributed by atoms with van der Waals surface area (Å²) in [7, 11) is 0.907. The number of alkyl halides is 3. The topological polar surface area (TPSA) is 54.0 Å². The third-order valence-electron chi connectivity index (χ3n) is 8.81. The zero-order valence-electron chi connectivity index (χ0n) is 21.2. The first-order chi connectivity index (χ1) is 16.4. The summed E-state index contributed by atoms with van der Waals surface area (Å²) in [5, 5.41) is 0. The van der Waals surface area contributed by atoms with Gasteiger partial charge in [-0.15, -0.1) is 0 Å². The van der Waals surface area contributed by atoms with Gasteiger partial charge in [-0.05, 0) is 55.3 Å². The fourth-order valence-corrected chi connectivity index (χ4v) is 6.62. The minimum absolute atomic E-state index is 0.0184. The van der Waals surface area contributed by atoms with Crippen LogP contribution < -0.4 is 0 Å². The maximum Gasteiger partial charge on any atom is 0.432 e. The highest BCUT2D eigenvalue weighted by molar-refractivity contribution is 5.83. The van der Waals surface area contributed by atoms with Gasteiger partial charge in [0.25, 0.3) is 5.60 Å². The lowest BCUT2D eigenvalue weighted by Crippen LogP contribution is -2.53. The van der Waals surface area contributed by atoms with Gasteiger partial charge in [-0.2, -0.15) is 13.2 Å². The number of carbonyl (C=O) groups is 1. The number of hydrogen-bond acceptors (Lipinski definition) is 5. The molecule has 0 N–H and O–H groups in total. The van der Waals surface area contributed by atoms with Crippen LogP contribution in [0.25, 0.3) is 0 Å². The van der Waals surface area contributed by atoms with Crippen molar-refractivity contribution < 1.29 is 36.9 Å². The Labute approximate surface area is 205 Å². The monoisotopic (exact) mass is 498 g/mol. The maximum absolute atomic E-state index is 14.4. The number of rotatable bonds is 8. The van der Waals surface area contributed by atoms with Crippen LogP contribution >= 0.6 is 0 Å². The predicted molar refractivity (Wildman–Crippen MR) is 123 cm³/mol. The van der Waals surface area contributed by atoms with Crippen molar-refractivity contribution in [3.8, 4) is 0 Å². The Kier molecular flexibility index (Phi) is 7.05. The van der Waals surface area contributed by atoms with Crippen LogP contribution in [0.15, 0.2) is 30.3 Å². The van der Waals surface area contributed by atoms with Crippen molar-refractivity contribution in [2.45, 2.75) is 77.0 Å². The van der Waals surface area contributed by atoms with Crippen LogP contribution in [-0.4, -0.2) is 44.4 Å². The Bertz CT molecular complexity index is 898. The minimum Gasteiger partial charge on any atom is -0.459 e. The number of esters is 1. The molecule has 0 radical (unpaired) electrons. The molecule has 5 nitrogen and oxygen atoms in total. The van der Waals surface area contributed by atoms with E-state index in [-0.39, 0.29) is 22.8 Å². The van der Waals surface area contributed by atoms with Crippen LogP contribution in [-0.2, 0) is 29.3 Å². The predicted octanol–water partition coefficient (Wildman–Crippen LogP) is 5.86. The van der Waals surface area contributed by atoms with Gasteiger partial charge >= 0.3 is 12.1 Å². The maximum atomic E-state index is 14.4. The molecule has 2 aliphatic carbocycles. The van der Waals surface area contributed by atoms with E-state index in [1.54, 1.807) is 6.07 Å². The van der Waals surface area contributed by atoms with E-state index in [4.69, 9.17) is 18.9 Å². The number of ether oxygens (including phenoxy) is 4. The molecule has 1 saturated heterocycles. The average Bonchev–Trinajstić information content (AvgIpc) is 3.10. The zero-order chi connectivity index (χ0) is 25.6. The molecule has 0 spiro atoms. The average molecular weight is 499 g/mol. The number of hydrogen-bond donors (Lipinski definition) is 0. The quantitative estimate of drug-likeness (QED) is 0.420. The first-order valence-corrected chi connectivity index (χ1v) is 12.5. The van der Waals surface area contributed by atoms with Crippen molar-refractivity contribution in [2.24, 2.45) is 29.1 Å². The second-order valence-corrected chi connectivity index (χ2v) is 11.1. The van der Waals surface area contributed by atoms with Gasteiger partial charge < -0.3 is 18.9 Å². The third kappa shape index (κ3) is 4.62. The lowest BCUT2D eigenvalue weighted by molar-refractivity contribution is -0.279. The second kappa shape index (κ2) is 9.34. The van der Waals surface area contributed by atoms with Gasteiger partial charge in [-0.25, -0.2) is 4.79 Å². The summed E-state index contributed by atoms with van der Waals surface area (Å²) in [6, 6.07) is 7.01. The van der Waals surface area contributed by atoms with Crippen molar-refractivity contribution in [1.29, 1.82) is 0 Å². The van der Waals surface area contributed by atoms with Gasteiger partial charge in [0.05, 0.1) is 13.2 Å². The van der Waals surface area contributed by atoms with Gasteiger partial charge in [0.2, 0.25) is 0 Å². The van der Waals surface area contributed by atoms with E-state index >= 15 is 0 Å². The number of methoxy groups -OCH3 is 1. The Balaban J connectivity index is 1.54. The summed E-state index contributed by atoms with van der Waals surface area (Å²) in [6.07, 6.45) is -2.53. The third-order valence-corrected chi connectivity index (χ3v) is 8.81. The molecule has 4 rings (SSSR count). The highest BCUT2D eigenvalue weighted by Crippen LogP contribution is 2.70. The molecule has 35 heavy (non-hydrogen) atoms. The molecule has 1 aliphatic heterocycles. The fraction of sp³-hybridized carbons (Fsp3) is 0.741. The zero-order valence-corrected chi connectivity index (χ0v) is 21.2. The number of benzene rings is 1. The molecule has 0 aromatic heterocycles. The molecule has 0 bridgehead atoms. The standard InChI is InChI=1S/C27H37F3O5/c1-17(2)19-15-21-20(11-12-25(4)33-13-14-34-25)24(21,3)16-22(19)35-23(31)26(32-5,27(28,29)30)18-9-7-6-8-10-18/h6-10,17,19-22H,11-16H2,1-5H3/t19-,20-,21-,22+,24+,26-/m1/s1. The number of halogens is 3. The second-order valence-electron chi connectivity index (χ2n) is 11.1. The number of carbonyl (C=O) groups excluding carboxylic acids is 1. The number of fused-ring (bicyclic) bond motifs is 1. The molecule has 1 heterocycles. The van der Waals surface area contributed by atoms with E-state index in [1.165, 1.54) is 24.3 Å². The Morgan fingerprint density at radius 1 is 1.14 bits per heavy atom. The summed E-state index contributed by atoms with van der Waals surface area (Å²) < 4.78 is 65.4. The van der Waals surface area contributed by atoms with Crippen LogP contribution in [0.1, 0.15) is 58.9 Å². The van der Waals surface area contributed by atoms with Crippen LogP contribution in [0.2, 0.25) is 0 Å². The molecule has 6 atom stereocenters. The lowest BCUT2D eigenvalue weighted by atomic mass is 9.75. The molecule has 1 aromatic rings. The molecule has 0 amide bonds. The van der Waals surface area contributed by atoms with Gasteiger partial charge in [-0.1, -0.05) is 51.1 Å². The lowest BCUT2D eigenvalue weighted by Gasteiger charge is -2.39. The van der Waals surface area contributed by atoms with Gasteiger partial charge in [-0.3, -0.25) is 0 Å². The first kappa shape index (κ1) is 26.4. The summed E-state index contributed by atoms with van der Waals surface area (Å²) >= 11 is 0. The Hall–Kier alpha value is -1.64. The molecular weight excluding hydrogens is 461 g/mol. The largest absolute Gasteiger partial charge is 0.459 e. The molecule has 196 valence electrons. The molecular formula is C27H37F3O5. The normalized spacial score (nSPS) is 33.7. The molecule has 3 fully saturated rings. The highest BCUT2D eigenvalue weighted by Gasteiger charge is 2.68. The highest BCUT2D eigenvalue weighted by atomic mass is 19.4. The SMILES string of the molecule is CO[C@@](C(=O)O[C@H]1C[C@@]2(C)[C@H](CCC3(C)OCCO3)[C@H]2C[C@@H]1C(C)C)(c1ccccc1)C(F)(F)F. The smallest absolute Gasteiger partial charge is 0.432 e. The van der Waals surface area contributed by atoms with Gasteiger partial charge in [0.15, 0.2) is 5.79 Å². The van der Waals surface area contributed by atoms with Crippen LogP contribution in [0, 0.1) is 29.1 Å².